The number of para-hydroxylation sites is 1. The molecule has 4 aromatic rings. The van der Waals surface area contributed by atoms with Gasteiger partial charge < -0.3 is 0 Å². The van der Waals surface area contributed by atoms with Gasteiger partial charge in [0.1, 0.15) is 0 Å². The number of carbonyl (C=O) groups excluding carboxylic acids is 1. The fourth-order valence-corrected chi connectivity index (χ4v) is 3.56. The summed E-state index contributed by atoms with van der Waals surface area (Å²) in [5.41, 5.74) is 6.23. The minimum absolute atomic E-state index is 0.272. The zero-order chi connectivity index (χ0) is 18.5. The van der Waals surface area contributed by atoms with Crippen LogP contribution in [0.25, 0.3) is 16.9 Å². The Bertz CT molecular complexity index is 1100. The maximum atomic E-state index is 12.3. The molecule has 1 N–H and O–H groups in total. The van der Waals surface area contributed by atoms with Gasteiger partial charge in [-0.05, 0) is 29.8 Å². The van der Waals surface area contributed by atoms with Crippen molar-refractivity contribution in [3.05, 3.63) is 101 Å². The van der Waals surface area contributed by atoms with Gasteiger partial charge in [0, 0.05) is 29.0 Å². The molecule has 0 radical (unpaired) electrons. The molecule has 0 bridgehead atoms. The highest BCUT2D eigenvalue weighted by atomic mass is 32.1. The van der Waals surface area contributed by atoms with E-state index < -0.39 is 0 Å². The van der Waals surface area contributed by atoms with Gasteiger partial charge in [0.05, 0.1) is 5.69 Å². The van der Waals surface area contributed by atoms with Crippen molar-refractivity contribution >= 4 is 17.2 Å². The van der Waals surface area contributed by atoms with Crippen LogP contribution in [0, 0.1) is 0 Å². The molecule has 132 valence electrons. The largest absolute Gasteiger partial charge is 0.284 e. The number of nitrogens with one attached hydrogen (secondary N) is 1. The number of hydrogen-bond donors (Lipinski definition) is 1. The molecule has 2 aromatic carbocycles. The van der Waals surface area contributed by atoms with Crippen LogP contribution in [-0.2, 0) is 0 Å². The summed E-state index contributed by atoms with van der Waals surface area (Å²) in [4.78, 5) is 16.9. The Morgan fingerprint density at radius 2 is 1.59 bits per heavy atom. The van der Waals surface area contributed by atoms with Crippen molar-refractivity contribution in [3.63, 3.8) is 0 Å². The fourth-order valence-electron chi connectivity index (χ4n) is 2.69. The van der Waals surface area contributed by atoms with E-state index in [1.165, 1.54) is 11.3 Å². The summed E-state index contributed by atoms with van der Waals surface area (Å²) in [6.07, 6.45) is 3.16. The second-order valence-corrected chi connectivity index (χ2v) is 6.57. The van der Waals surface area contributed by atoms with E-state index >= 15 is 0 Å². The number of rotatable bonds is 4. The van der Waals surface area contributed by atoms with Gasteiger partial charge in [0.15, 0.2) is 0 Å². The third-order valence-corrected chi connectivity index (χ3v) is 4.81. The van der Waals surface area contributed by atoms with Gasteiger partial charge in [0.25, 0.3) is 5.91 Å². The molecule has 2 aromatic heterocycles. The number of aromatic nitrogens is 2. The average Bonchev–Trinajstić information content (AvgIpc) is 3.18. The molecule has 0 saturated heterocycles. The minimum Gasteiger partial charge on any atom is -0.284 e. The van der Waals surface area contributed by atoms with E-state index in [4.69, 9.17) is 0 Å². The van der Waals surface area contributed by atoms with Crippen LogP contribution in [0.3, 0.4) is 0 Å². The maximum Gasteiger partial charge on any atom is 0.271 e. The van der Waals surface area contributed by atoms with Gasteiger partial charge in [-0.2, -0.15) is 0 Å². The van der Waals surface area contributed by atoms with E-state index in [-0.39, 0.29) is 5.91 Å². The lowest BCUT2D eigenvalue weighted by Crippen LogP contribution is -2.24. The Kier molecular flexibility index (Phi) is 4.89. The van der Waals surface area contributed by atoms with Crippen LogP contribution in [0.1, 0.15) is 10.4 Å². The van der Waals surface area contributed by atoms with E-state index in [9.17, 15) is 4.79 Å². The molecule has 4 rings (SSSR count). The summed E-state index contributed by atoms with van der Waals surface area (Å²) in [5.74, 6) is -0.272. The maximum absolute atomic E-state index is 12.3. The highest BCUT2D eigenvalue weighted by Gasteiger charge is 2.10. The Balaban J connectivity index is 1.77. The smallest absolute Gasteiger partial charge is 0.271 e. The van der Waals surface area contributed by atoms with Crippen LogP contribution in [0.4, 0.5) is 0 Å². The summed E-state index contributed by atoms with van der Waals surface area (Å²) >= 11 is 1.47. The lowest BCUT2D eigenvalue weighted by Gasteiger charge is -2.09. The van der Waals surface area contributed by atoms with Crippen molar-refractivity contribution in [1.29, 1.82) is 0 Å². The highest BCUT2D eigenvalue weighted by Crippen LogP contribution is 2.22. The van der Waals surface area contributed by atoms with Crippen molar-refractivity contribution < 1.29 is 4.79 Å². The van der Waals surface area contributed by atoms with E-state index in [0.717, 1.165) is 16.9 Å². The first kappa shape index (κ1) is 16.9. The highest BCUT2D eigenvalue weighted by molar-refractivity contribution is 7.07. The zero-order valence-electron chi connectivity index (χ0n) is 14.3. The first-order valence-electron chi connectivity index (χ1n) is 8.38. The number of benzene rings is 2. The second kappa shape index (κ2) is 7.80. The normalized spacial score (nSPS) is 11.3. The minimum atomic E-state index is -0.272. The summed E-state index contributed by atoms with van der Waals surface area (Å²) in [7, 11) is 0. The molecule has 0 fully saturated rings. The SMILES string of the molecule is O=C(N/N=c1/scc(-c2ccccc2)n1-c1ccccc1)c1ccncc1. The third-order valence-electron chi connectivity index (χ3n) is 3.99. The van der Waals surface area contributed by atoms with Crippen LogP contribution in [0.5, 0.6) is 0 Å². The van der Waals surface area contributed by atoms with Gasteiger partial charge in [-0.1, -0.05) is 48.5 Å². The van der Waals surface area contributed by atoms with Crippen LogP contribution in [0.15, 0.2) is 95.7 Å². The molecule has 5 nitrogen and oxygen atoms in total. The molecule has 2 heterocycles. The Morgan fingerprint density at radius 1 is 0.926 bits per heavy atom. The van der Waals surface area contributed by atoms with Crippen molar-refractivity contribution in [2.45, 2.75) is 0 Å². The molecule has 0 aliphatic rings. The second-order valence-electron chi connectivity index (χ2n) is 5.73. The summed E-state index contributed by atoms with van der Waals surface area (Å²) in [6, 6.07) is 23.4. The standard InChI is InChI=1S/C21H16N4OS/c26-20(17-11-13-22-14-12-17)23-24-21-25(18-9-5-2-6-10-18)19(15-27-21)16-7-3-1-4-8-16/h1-15H,(H,23,26)/b24-21+. The lowest BCUT2D eigenvalue weighted by molar-refractivity contribution is 0.0953. The zero-order valence-corrected chi connectivity index (χ0v) is 15.1. The molecule has 0 spiro atoms. The predicted molar refractivity (Wildman–Crippen MR) is 106 cm³/mol. The van der Waals surface area contributed by atoms with Crippen molar-refractivity contribution in [2.24, 2.45) is 5.10 Å². The first-order chi connectivity index (χ1) is 13.3. The molecule has 0 saturated carbocycles. The molecule has 6 heteroatoms. The number of nitrogens with zero attached hydrogens (tertiary/aromatic N) is 3. The molecular formula is C21H16N4OS. The van der Waals surface area contributed by atoms with Crippen LogP contribution in [0.2, 0.25) is 0 Å². The van der Waals surface area contributed by atoms with Crippen molar-refractivity contribution in [2.75, 3.05) is 0 Å². The van der Waals surface area contributed by atoms with Crippen LogP contribution >= 0.6 is 11.3 Å². The third kappa shape index (κ3) is 3.70. The molecule has 0 atom stereocenters. The number of pyridine rings is 1. The number of hydrogen-bond acceptors (Lipinski definition) is 4. The predicted octanol–water partition coefficient (Wildman–Crippen LogP) is 3.85. The van der Waals surface area contributed by atoms with E-state index in [1.54, 1.807) is 24.5 Å². The van der Waals surface area contributed by atoms with Gasteiger partial charge in [-0.3, -0.25) is 14.3 Å². The molecule has 0 aliphatic carbocycles. The molecule has 0 aliphatic heterocycles. The lowest BCUT2D eigenvalue weighted by atomic mass is 10.1. The summed E-state index contributed by atoms with van der Waals surface area (Å²) < 4.78 is 2.03. The van der Waals surface area contributed by atoms with Crippen LogP contribution in [-0.4, -0.2) is 15.5 Å². The Labute approximate surface area is 160 Å². The van der Waals surface area contributed by atoms with Crippen LogP contribution < -0.4 is 10.2 Å². The Hall–Kier alpha value is -3.51. The molecule has 1 amide bonds. The number of amides is 1. The number of thiazole rings is 1. The Morgan fingerprint density at radius 3 is 2.30 bits per heavy atom. The summed E-state index contributed by atoms with van der Waals surface area (Å²) in [6.45, 7) is 0. The molecule has 0 unspecified atom stereocenters. The van der Waals surface area contributed by atoms with Crippen molar-refractivity contribution in [3.8, 4) is 16.9 Å². The monoisotopic (exact) mass is 372 g/mol. The average molecular weight is 372 g/mol. The molecule has 27 heavy (non-hydrogen) atoms. The quantitative estimate of drug-likeness (QED) is 0.553. The van der Waals surface area contributed by atoms with E-state index in [2.05, 4.69) is 27.6 Å². The number of carbonyl (C=O) groups is 1. The summed E-state index contributed by atoms with van der Waals surface area (Å²) in [5, 5.41) is 6.41. The van der Waals surface area contributed by atoms with Gasteiger partial charge in [0.2, 0.25) is 4.80 Å². The van der Waals surface area contributed by atoms with E-state index in [1.807, 2.05) is 58.5 Å². The molecular weight excluding hydrogens is 356 g/mol. The fraction of sp³-hybridized carbons (Fsp3) is 0. The van der Waals surface area contributed by atoms with E-state index in [0.29, 0.717) is 10.4 Å². The van der Waals surface area contributed by atoms with Gasteiger partial charge in [-0.15, -0.1) is 16.4 Å². The van der Waals surface area contributed by atoms with Gasteiger partial charge >= 0.3 is 0 Å². The topological polar surface area (TPSA) is 59.3 Å². The van der Waals surface area contributed by atoms with Gasteiger partial charge in [-0.25, -0.2) is 5.43 Å². The first-order valence-corrected chi connectivity index (χ1v) is 9.26. The van der Waals surface area contributed by atoms with Crippen molar-refractivity contribution in [1.82, 2.24) is 15.0 Å².